The molecule has 0 atom stereocenters. The molecule has 0 spiro atoms. The number of aliphatic hydroxyl groups is 1. The van der Waals surface area contributed by atoms with Crippen LogP contribution in [0.4, 0.5) is 0 Å². The highest BCUT2D eigenvalue weighted by Crippen LogP contribution is 2.21. The third kappa shape index (κ3) is 5.14. The monoisotopic (exact) mass is 302 g/mol. The molecule has 1 aromatic heterocycles. The van der Waals surface area contributed by atoms with Crippen LogP contribution in [0.3, 0.4) is 0 Å². The average molecular weight is 302 g/mol. The van der Waals surface area contributed by atoms with E-state index in [0.29, 0.717) is 19.6 Å². The summed E-state index contributed by atoms with van der Waals surface area (Å²) in [7, 11) is 0. The van der Waals surface area contributed by atoms with Crippen LogP contribution >= 0.6 is 11.3 Å². The van der Waals surface area contributed by atoms with Crippen molar-refractivity contribution in [3.05, 3.63) is 46.2 Å². The highest BCUT2D eigenvalue weighted by molar-refractivity contribution is 7.12. The second-order valence-electron chi connectivity index (χ2n) is 4.23. The zero-order valence-corrected chi connectivity index (χ0v) is 12.8. The second-order valence-corrected chi connectivity index (χ2v) is 5.40. The fourth-order valence-electron chi connectivity index (χ4n) is 1.68. The highest BCUT2D eigenvalue weighted by Gasteiger charge is 2.00. The minimum Gasteiger partial charge on any atom is -0.494 e. The van der Waals surface area contributed by atoms with Crippen molar-refractivity contribution in [1.29, 1.82) is 0 Å². The van der Waals surface area contributed by atoms with Gasteiger partial charge in [-0.1, -0.05) is 11.8 Å². The number of hydrogen-bond acceptors (Lipinski definition) is 4. The minimum absolute atomic E-state index is 0.103. The molecule has 1 aromatic carbocycles. The molecule has 110 valence electrons. The molecule has 0 amide bonds. The molecule has 0 bridgehead atoms. The summed E-state index contributed by atoms with van der Waals surface area (Å²) < 4.78 is 11.1. The third-order valence-corrected chi connectivity index (χ3v) is 3.60. The first-order valence-electron chi connectivity index (χ1n) is 6.86. The van der Waals surface area contributed by atoms with E-state index in [1.165, 1.54) is 0 Å². The molecule has 0 aliphatic rings. The highest BCUT2D eigenvalue weighted by atomic mass is 32.1. The topological polar surface area (TPSA) is 38.7 Å². The molecule has 0 radical (unpaired) electrons. The number of hydrogen-bond donors (Lipinski definition) is 1. The molecule has 21 heavy (non-hydrogen) atoms. The first-order chi connectivity index (χ1) is 10.3. The smallest absolute Gasteiger partial charge is 0.122 e. The van der Waals surface area contributed by atoms with E-state index in [4.69, 9.17) is 14.6 Å². The maximum atomic E-state index is 8.68. The standard InChI is InChI=1S/C17H18O3S/c1-2-19-14-6-8-15(9-7-14)20-13-17-11-10-16(21-17)5-3-4-12-18/h6-11,18H,2,4,12-13H2,1H3. The van der Waals surface area contributed by atoms with Crippen LogP contribution in [-0.2, 0) is 6.61 Å². The molecule has 0 fully saturated rings. The van der Waals surface area contributed by atoms with Crippen LogP contribution in [0.5, 0.6) is 11.5 Å². The molecule has 4 heteroatoms. The molecule has 1 N–H and O–H groups in total. The Labute approximate surface area is 129 Å². The fourth-order valence-corrected chi connectivity index (χ4v) is 2.48. The Kier molecular flexibility index (Phi) is 6.14. The van der Waals surface area contributed by atoms with Gasteiger partial charge in [0.15, 0.2) is 0 Å². The van der Waals surface area contributed by atoms with E-state index >= 15 is 0 Å². The second kappa shape index (κ2) is 8.35. The number of benzene rings is 1. The third-order valence-electron chi connectivity index (χ3n) is 2.63. The van der Waals surface area contributed by atoms with Gasteiger partial charge in [-0.2, -0.15) is 0 Å². The maximum Gasteiger partial charge on any atom is 0.122 e. The Morgan fingerprint density at radius 1 is 1.05 bits per heavy atom. The lowest BCUT2D eigenvalue weighted by atomic mass is 10.3. The van der Waals surface area contributed by atoms with Crippen LogP contribution in [0, 0.1) is 11.8 Å². The summed E-state index contributed by atoms with van der Waals surface area (Å²) in [5.74, 6) is 7.60. The van der Waals surface area contributed by atoms with Crippen LogP contribution < -0.4 is 9.47 Å². The van der Waals surface area contributed by atoms with E-state index in [-0.39, 0.29) is 6.61 Å². The van der Waals surface area contributed by atoms with Gasteiger partial charge in [-0.05, 0) is 43.3 Å². The summed E-state index contributed by atoms with van der Waals surface area (Å²) in [4.78, 5) is 2.12. The van der Waals surface area contributed by atoms with Gasteiger partial charge in [0.1, 0.15) is 18.1 Å². The van der Waals surface area contributed by atoms with E-state index in [0.717, 1.165) is 21.3 Å². The molecule has 0 saturated carbocycles. The van der Waals surface area contributed by atoms with E-state index in [2.05, 4.69) is 11.8 Å². The number of ether oxygens (including phenoxy) is 2. The first kappa shape index (κ1) is 15.4. The molecule has 0 aliphatic heterocycles. The molecular weight excluding hydrogens is 284 g/mol. The van der Waals surface area contributed by atoms with Gasteiger partial charge in [0, 0.05) is 11.3 Å². The zero-order valence-electron chi connectivity index (χ0n) is 12.0. The number of rotatable bonds is 6. The van der Waals surface area contributed by atoms with E-state index in [9.17, 15) is 0 Å². The van der Waals surface area contributed by atoms with Gasteiger partial charge in [0.05, 0.1) is 18.1 Å². The van der Waals surface area contributed by atoms with Gasteiger partial charge in [-0.15, -0.1) is 11.3 Å². The summed E-state index contributed by atoms with van der Waals surface area (Å²) in [6, 6.07) is 11.6. The summed E-state index contributed by atoms with van der Waals surface area (Å²) in [5.41, 5.74) is 0. The largest absolute Gasteiger partial charge is 0.494 e. The predicted molar refractivity (Wildman–Crippen MR) is 84.8 cm³/mol. The maximum absolute atomic E-state index is 8.68. The Balaban J connectivity index is 1.87. The average Bonchev–Trinajstić information content (AvgIpc) is 2.95. The molecule has 2 aromatic rings. The Bertz CT molecular complexity index is 605. The molecule has 0 aliphatic carbocycles. The predicted octanol–water partition coefficient (Wildman–Crippen LogP) is 3.46. The minimum atomic E-state index is 0.103. The SMILES string of the molecule is CCOc1ccc(OCc2ccc(C#CCCO)s2)cc1. The van der Waals surface area contributed by atoms with Gasteiger partial charge >= 0.3 is 0 Å². The number of aliphatic hydroxyl groups excluding tert-OH is 1. The molecule has 0 unspecified atom stereocenters. The number of thiophene rings is 1. The lowest BCUT2D eigenvalue weighted by Crippen LogP contribution is -1.94. The van der Waals surface area contributed by atoms with Gasteiger partial charge in [0.25, 0.3) is 0 Å². The van der Waals surface area contributed by atoms with Crippen molar-refractivity contribution >= 4 is 11.3 Å². The van der Waals surface area contributed by atoms with Gasteiger partial charge < -0.3 is 14.6 Å². The van der Waals surface area contributed by atoms with Crippen LogP contribution in [-0.4, -0.2) is 18.3 Å². The normalized spacial score (nSPS) is 9.81. The van der Waals surface area contributed by atoms with Crippen molar-refractivity contribution in [1.82, 2.24) is 0 Å². The Morgan fingerprint density at radius 3 is 2.43 bits per heavy atom. The van der Waals surface area contributed by atoms with Crippen LogP contribution in [0.25, 0.3) is 0 Å². The van der Waals surface area contributed by atoms with Crippen LogP contribution in [0.1, 0.15) is 23.1 Å². The lowest BCUT2D eigenvalue weighted by Gasteiger charge is -2.06. The summed E-state index contributed by atoms with van der Waals surface area (Å²) >= 11 is 1.61. The van der Waals surface area contributed by atoms with Crippen molar-refractivity contribution in [3.63, 3.8) is 0 Å². The summed E-state index contributed by atoms with van der Waals surface area (Å²) in [6.07, 6.45) is 0.510. The molecule has 0 saturated heterocycles. The van der Waals surface area contributed by atoms with Crippen molar-refractivity contribution in [3.8, 4) is 23.3 Å². The zero-order chi connectivity index (χ0) is 14.9. The summed E-state index contributed by atoms with van der Waals surface area (Å²) in [5, 5.41) is 8.68. The lowest BCUT2D eigenvalue weighted by molar-refractivity contribution is 0.305. The van der Waals surface area contributed by atoms with Crippen molar-refractivity contribution in [2.24, 2.45) is 0 Å². The van der Waals surface area contributed by atoms with Gasteiger partial charge in [-0.25, -0.2) is 0 Å². The fraction of sp³-hybridized carbons (Fsp3) is 0.294. The Hall–Kier alpha value is -1.96. The quantitative estimate of drug-likeness (QED) is 0.831. The van der Waals surface area contributed by atoms with Crippen molar-refractivity contribution in [2.45, 2.75) is 20.0 Å². The molecular formula is C17H18O3S. The van der Waals surface area contributed by atoms with Gasteiger partial charge in [-0.3, -0.25) is 0 Å². The summed E-state index contributed by atoms with van der Waals surface area (Å²) in [6.45, 7) is 3.25. The van der Waals surface area contributed by atoms with E-state index < -0.39 is 0 Å². The van der Waals surface area contributed by atoms with E-state index in [1.54, 1.807) is 11.3 Å². The van der Waals surface area contributed by atoms with Crippen molar-refractivity contribution in [2.75, 3.05) is 13.2 Å². The molecule has 3 nitrogen and oxygen atoms in total. The van der Waals surface area contributed by atoms with Gasteiger partial charge in [0.2, 0.25) is 0 Å². The van der Waals surface area contributed by atoms with Crippen LogP contribution in [0.15, 0.2) is 36.4 Å². The van der Waals surface area contributed by atoms with Crippen LogP contribution in [0.2, 0.25) is 0 Å². The molecule has 2 rings (SSSR count). The first-order valence-corrected chi connectivity index (χ1v) is 7.67. The van der Waals surface area contributed by atoms with Crippen molar-refractivity contribution < 1.29 is 14.6 Å². The van der Waals surface area contributed by atoms with E-state index in [1.807, 2.05) is 43.3 Å². The Morgan fingerprint density at radius 2 is 1.76 bits per heavy atom. The molecule has 1 heterocycles.